The van der Waals surface area contributed by atoms with E-state index in [0.29, 0.717) is 16.0 Å². The lowest BCUT2D eigenvalue weighted by Crippen LogP contribution is -2.34. The second kappa shape index (κ2) is 11.2. The number of aryl methyl sites for hydroxylation is 3. The number of pyridine rings is 1. The average molecular weight is 537 g/mol. The molecule has 5 rings (SSSR count). The number of fused-ring (bicyclic) bond motifs is 1. The number of halogens is 2. The smallest absolute Gasteiger partial charge is 0.335 e. The standard InChI is InChI=1S/C29H30Cl2N4O2/c1-34-27-16-21(29(36)37)7-10-26(27)33-28(34)18-35-13-11-19(12-14-35)15-24-4-2-3-23(32-24)9-6-20-5-8-22(30)17-25(20)31/h2-5,7-8,10,16-17,19H,6,9,11-15,18H2,1H3,(H,36,37). The predicted octanol–water partition coefficient (Wildman–Crippen LogP) is 6.21. The molecule has 0 radical (unpaired) electrons. The SMILES string of the molecule is Cn1c(CN2CCC(Cc3cccc(CCc4ccc(Cl)cc4Cl)n3)CC2)nc2ccc(C(=O)O)cc21. The van der Waals surface area contributed by atoms with Gasteiger partial charge in [0.2, 0.25) is 0 Å². The van der Waals surface area contributed by atoms with Crippen LogP contribution in [0, 0.1) is 5.92 Å². The van der Waals surface area contributed by atoms with E-state index < -0.39 is 5.97 Å². The molecular weight excluding hydrogens is 507 g/mol. The van der Waals surface area contributed by atoms with Gasteiger partial charge in [-0.2, -0.15) is 0 Å². The highest BCUT2D eigenvalue weighted by molar-refractivity contribution is 6.35. The van der Waals surface area contributed by atoms with Crippen LogP contribution in [0.15, 0.2) is 54.6 Å². The van der Waals surface area contributed by atoms with Gasteiger partial charge in [0.05, 0.1) is 23.1 Å². The van der Waals surface area contributed by atoms with E-state index >= 15 is 0 Å². The van der Waals surface area contributed by atoms with Crippen LogP contribution in [0.4, 0.5) is 0 Å². The first-order chi connectivity index (χ1) is 17.9. The highest BCUT2D eigenvalue weighted by Crippen LogP contribution is 2.25. The second-order valence-corrected chi connectivity index (χ2v) is 10.7. The number of rotatable bonds is 8. The Morgan fingerprint density at radius 3 is 2.54 bits per heavy atom. The fraction of sp³-hybridized carbons (Fsp3) is 0.345. The summed E-state index contributed by atoms with van der Waals surface area (Å²) < 4.78 is 2.01. The normalized spacial score (nSPS) is 14.9. The van der Waals surface area contributed by atoms with Crippen molar-refractivity contribution < 1.29 is 9.90 Å². The van der Waals surface area contributed by atoms with Crippen molar-refractivity contribution in [3.05, 3.63) is 93.0 Å². The molecule has 0 aliphatic carbocycles. The predicted molar refractivity (Wildman–Crippen MR) is 147 cm³/mol. The Morgan fingerprint density at radius 2 is 1.78 bits per heavy atom. The highest BCUT2D eigenvalue weighted by Gasteiger charge is 2.22. The first-order valence-corrected chi connectivity index (χ1v) is 13.4. The van der Waals surface area contributed by atoms with E-state index in [2.05, 4.69) is 23.1 Å². The third-order valence-corrected chi connectivity index (χ3v) is 7.91. The van der Waals surface area contributed by atoms with Gasteiger partial charge in [-0.1, -0.05) is 35.3 Å². The lowest BCUT2D eigenvalue weighted by atomic mass is 9.92. The van der Waals surface area contributed by atoms with Crippen molar-refractivity contribution in [1.82, 2.24) is 19.4 Å². The van der Waals surface area contributed by atoms with Gasteiger partial charge in [-0.25, -0.2) is 9.78 Å². The molecule has 37 heavy (non-hydrogen) atoms. The van der Waals surface area contributed by atoms with E-state index in [1.807, 2.05) is 23.7 Å². The van der Waals surface area contributed by atoms with Crippen LogP contribution < -0.4 is 0 Å². The summed E-state index contributed by atoms with van der Waals surface area (Å²) in [5.74, 6) is 0.659. The number of carboxylic acid groups (broad SMARTS) is 1. The van der Waals surface area contributed by atoms with E-state index in [9.17, 15) is 9.90 Å². The summed E-state index contributed by atoms with van der Waals surface area (Å²) in [5.41, 5.74) is 5.32. The van der Waals surface area contributed by atoms with E-state index in [1.165, 1.54) is 0 Å². The van der Waals surface area contributed by atoms with Gasteiger partial charge in [0.25, 0.3) is 0 Å². The molecule has 6 nitrogen and oxygen atoms in total. The molecule has 1 fully saturated rings. The molecule has 0 spiro atoms. The lowest BCUT2D eigenvalue weighted by molar-refractivity contribution is 0.0697. The third kappa shape index (κ3) is 6.15. The van der Waals surface area contributed by atoms with Crippen molar-refractivity contribution in [2.24, 2.45) is 13.0 Å². The Balaban J connectivity index is 1.15. The van der Waals surface area contributed by atoms with E-state index in [4.69, 9.17) is 33.2 Å². The molecule has 1 aliphatic heterocycles. The zero-order chi connectivity index (χ0) is 25.9. The molecule has 8 heteroatoms. The molecule has 0 unspecified atom stereocenters. The fourth-order valence-corrected chi connectivity index (χ4v) is 5.63. The molecule has 1 saturated heterocycles. The maximum Gasteiger partial charge on any atom is 0.335 e. The minimum absolute atomic E-state index is 0.286. The van der Waals surface area contributed by atoms with Gasteiger partial charge in [-0.15, -0.1) is 0 Å². The fourth-order valence-electron chi connectivity index (χ4n) is 5.13. The number of aromatic nitrogens is 3. The number of imidazole rings is 1. The summed E-state index contributed by atoms with van der Waals surface area (Å²) >= 11 is 12.3. The van der Waals surface area contributed by atoms with Crippen LogP contribution >= 0.6 is 23.2 Å². The molecule has 1 N–H and O–H groups in total. The maximum atomic E-state index is 11.3. The van der Waals surface area contributed by atoms with E-state index in [-0.39, 0.29) is 5.56 Å². The van der Waals surface area contributed by atoms with E-state index in [1.54, 1.807) is 24.3 Å². The van der Waals surface area contributed by atoms with Crippen LogP contribution in [-0.4, -0.2) is 43.6 Å². The number of benzene rings is 2. The largest absolute Gasteiger partial charge is 0.478 e. The number of likely N-dealkylation sites (tertiary alicyclic amines) is 1. The molecule has 2 aromatic heterocycles. The minimum Gasteiger partial charge on any atom is -0.478 e. The molecule has 192 valence electrons. The molecule has 0 atom stereocenters. The molecule has 4 aromatic rings. The van der Waals surface area contributed by atoms with Crippen molar-refractivity contribution in [3.63, 3.8) is 0 Å². The summed E-state index contributed by atoms with van der Waals surface area (Å²) in [7, 11) is 1.96. The maximum absolute atomic E-state index is 11.3. The number of piperidine rings is 1. The molecule has 0 bridgehead atoms. The monoisotopic (exact) mass is 536 g/mol. The average Bonchev–Trinajstić information content (AvgIpc) is 3.19. The van der Waals surface area contributed by atoms with Crippen molar-refractivity contribution >= 4 is 40.2 Å². The summed E-state index contributed by atoms with van der Waals surface area (Å²) in [6.45, 7) is 2.80. The Labute approximate surface area is 226 Å². The lowest BCUT2D eigenvalue weighted by Gasteiger charge is -2.31. The van der Waals surface area contributed by atoms with Gasteiger partial charge in [-0.3, -0.25) is 9.88 Å². The summed E-state index contributed by atoms with van der Waals surface area (Å²) in [6.07, 6.45) is 4.93. The Morgan fingerprint density at radius 1 is 1.00 bits per heavy atom. The molecular formula is C29H30Cl2N4O2. The van der Waals surface area contributed by atoms with Crippen molar-refractivity contribution in [1.29, 1.82) is 0 Å². The Hall–Kier alpha value is -2.93. The van der Waals surface area contributed by atoms with Crippen LogP contribution in [0.3, 0.4) is 0 Å². The van der Waals surface area contributed by atoms with Crippen LogP contribution in [0.25, 0.3) is 11.0 Å². The van der Waals surface area contributed by atoms with Crippen molar-refractivity contribution in [3.8, 4) is 0 Å². The molecule has 2 aromatic carbocycles. The van der Waals surface area contributed by atoms with Crippen molar-refractivity contribution in [2.75, 3.05) is 13.1 Å². The summed E-state index contributed by atoms with van der Waals surface area (Å²) in [4.78, 5) is 23.5. The quantitative estimate of drug-likeness (QED) is 0.289. The number of aromatic carboxylic acids is 1. The van der Waals surface area contributed by atoms with Crippen LogP contribution in [0.1, 0.15) is 46.0 Å². The van der Waals surface area contributed by atoms with Gasteiger partial charge in [-0.05, 0) is 99.1 Å². The van der Waals surface area contributed by atoms with Gasteiger partial charge >= 0.3 is 5.97 Å². The van der Waals surface area contributed by atoms with E-state index in [0.717, 1.165) is 85.5 Å². The Kier molecular flexibility index (Phi) is 7.79. The summed E-state index contributed by atoms with van der Waals surface area (Å²) in [6, 6.07) is 17.1. The second-order valence-electron chi connectivity index (χ2n) is 9.88. The molecule has 1 aliphatic rings. The minimum atomic E-state index is -0.919. The zero-order valence-corrected chi connectivity index (χ0v) is 22.3. The first kappa shape index (κ1) is 25.7. The first-order valence-electron chi connectivity index (χ1n) is 12.7. The number of carbonyl (C=O) groups is 1. The summed E-state index contributed by atoms with van der Waals surface area (Å²) in [5, 5.41) is 10.7. The highest BCUT2D eigenvalue weighted by atomic mass is 35.5. The number of carboxylic acids is 1. The molecule has 0 amide bonds. The molecule has 3 heterocycles. The van der Waals surface area contributed by atoms with Crippen LogP contribution in [-0.2, 0) is 32.9 Å². The van der Waals surface area contributed by atoms with Gasteiger partial charge in [0.1, 0.15) is 5.82 Å². The van der Waals surface area contributed by atoms with Gasteiger partial charge in [0, 0.05) is 28.5 Å². The van der Waals surface area contributed by atoms with Crippen LogP contribution in [0.2, 0.25) is 10.0 Å². The number of nitrogens with zero attached hydrogens (tertiary/aromatic N) is 4. The zero-order valence-electron chi connectivity index (χ0n) is 20.8. The Bertz CT molecular complexity index is 1430. The van der Waals surface area contributed by atoms with Gasteiger partial charge < -0.3 is 9.67 Å². The number of hydrogen-bond acceptors (Lipinski definition) is 4. The topological polar surface area (TPSA) is 71.2 Å². The van der Waals surface area contributed by atoms with Crippen LogP contribution in [0.5, 0.6) is 0 Å². The third-order valence-electron chi connectivity index (χ3n) is 7.32. The molecule has 0 saturated carbocycles. The number of hydrogen-bond donors (Lipinski definition) is 1. The van der Waals surface area contributed by atoms with Gasteiger partial charge in [0.15, 0.2) is 0 Å². The van der Waals surface area contributed by atoms with Crippen molar-refractivity contribution in [2.45, 2.75) is 38.6 Å².